The maximum absolute atomic E-state index is 9.63. The predicted molar refractivity (Wildman–Crippen MR) is 50.2 cm³/mol. The van der Waals surface area contributed by atoms with Gasteiger partial charge in [0.15, 0.2) is 18.4 Å². The first-order valence-electron chi connectivity index (χ1n) is 5.47. The highest BCUT2D eigenvalue weighted by molar-refractivity contribution is 5.01. The molecule has 0 saturated carbocycles. The molecule has 2 bridgehead atoms. The number of rotatable bonds is 2. The molecule has 4 rings (SSSR count). The molecule has 4 unspecified atom stereocenters. The van der Waals surface area contributed by atoms with Crippen LogP contribution in [0, 0.1) is 5.92 Å². The van der Waals surface area contributed by atoms with E-state index in [9.17, 15) is 5.11 Å². The molecular formula is C10H16O6. The second kappa shape index (κ2) is 3.38. The minimum absolute atomic E-state index is 0.233. The number of hydrogen-bond donors (Lipinski definition) is 2. The lowest BCUT2D eigenvalue weighted by atomic mass is 9.84. The van der Waals surface area contributed by atoms with Crippen molar-refractivity contribution < 1.29 is 29.2 Å². The Morgan fingerprint density at radius 2 is 1.88 bits per heavy atom. The molecule has 2 N–H and O–H groups in total. The van der Waals surface area contributed by atoms with Gasteiger partial charge in [-0.25, -0.2) is 0 Å². The quantitative estimate of drug-likeness (QED) is 0.648. The molecule has 0 aliphatic carbocycles. The molecule has 6 heteroatoms. The van der Waals surface area contributed by atoms with Crippen molar-refractivity contribution >= 4 is 0 Å². The van der Waals surface area contributed by atoms with E-state index in [2.05, 4.69) is 0 Å². The first-order chi connectivity index (χ1) is 7.52. The topological polar surface area (TPSA) is 77.4 Å². The van der Waals surface area contributed by atoms with Gasteiger partial charge in [0.25, 0.3) is 0 Å². The van der Waals surface area contributed by atoms with Gasteiger partial charge in [-0.15, -0.1) is 0 Å². The summed E-state index contributed by atoms with van der Waals surface area (Å²) in [5, 5.41) is 18.6. The molecule has 0 aromatic rings. The van der Waals surface area contributed by atoms with Crippen LogP contribution in [-0.4, -0.2) is 53.5 Å². The second-order valence-electron chi connectivity index (χ2n) is 4.90. The maximum atomic E-state index is 9.63. The summed E-state index contributed by atoms with van der Waals surface area (Å²) in [4.78, 5) is 0. The van der Waals surface area contributed by atoms with Gasteiger partial charge in [-0.1, -0.05) is 0 Å². The fraction of sp³-hybridized carbons (Fsp3) is 1.00. The Labute approximate surface area is 93.0 Å². The van der Waals surface area contributed by atoms with Crippen molar-refractivity contribution in [2.45, 2.75) is 50.5 Å². The highest BCUT2D eigenvalue weighted by Gasteiger charge is 2.63. The van der Waals surface area contributed by atoms with E-state index in [1.165, 1.54) is 0 Å². The van der Waals surface area contributed by atoms with Crippen molar-refractivity contribution in [1.29, 1.82) is 0 Å². The highest BCUT2D eigenvalue weighted by Crippen LogP contribution is 2.47. The van der Waals surface area contributed by atoms with E-state index in [1.807, 2.05) is 13.8 Å². The van der Waals surface area contributed by atoms with E-state index in [1.54, 1.807) is 0 Å². The van der Waals surface area contributed by atoms with Crippen molar-refractivity contribution in [2.75, 3.05) is 6.61 Å². The Kier molecular flexibility index (Phi) is 2.30. The lowest BCUT2D eigenvalue weighted by Gasteiger charge is -2.53. The van der Waals surface area contributed by atoms with Crippen LogP contribution in [0.5, 0.6) is 0 Å². The van der Waals surface area contributed by atoms with E-state index in [-0.39, 0.29) is 24.7 Å². The minimum atomic E-state index is -0.836. The van der Waals surface area contributed by atoms with E-state index >= 15 is 0 Å². The lowest BCUT2D eigenvalue weighted by Crippen LogP contribution is -2.68. The summed E-state index contributed by atoms with van der Waals surface area (Å²) in [7, 11) is 0. The Bertz CT molecular complexity index is 293. The molecule has 92 valence electrons. The van der Waals surface area contributed by atoms with Crippen LogP contribution < -0.4 is 0 Å². The van der Waals surface area contributed by atoms with Crippen molar-refractivity contribution in [3.05, 3.63) is 0 Å². The van der Waals surface area contributed by atoms with E-state index in [4.69, 9.17) is 24.1 Å². The summed E-state index contributed by atoms with van der Waals surface area (Å²) in [6, 6.07) is 0. The van der Waals surface area contributed by atoms with Crippen LogP contribution in [0.3, 0.4) is 0 Å². The van der Waals surface area contributed by atoms with Crippen LogP contribution in [0.4, 0.5) is 0 Å². The van der Waals surface area contributed by atoms with Crippen LogP contribution in [0.2, 0.25) is 0 Å². The van der Waals surface area contributed by atoms with Crippen molar-refractivity contribution in [3.63, 3.8) is 0 Å². The molecule has 0 aromatic carbocycles. The molecule has 16 heavy (non-hydrogen) atoms. The largest absolute Gasteiger partial charge is 0.394 e. The molecule has 0 aromatic heterocycles. The van der Waals surface area contributed by atoms with Crippen LogP contribution in [0.15, 0.2) is 0 Å². The lowest BCUT2D eigenvalue weighted by molar-refractivity contribution is -0.416. The second-order valence-corrected chi connectivity index (χ2v) is 4.90. The van der Waals surface area contributed by atoms with Gasteiger partial charge in [0, 0.05) is 0 Å². The van der Waals surface area contributed by atoms with Crippen LogP contribution in [0.1, 0.15) is 13.8 Å². The zero-order valence-corrected chi connectivity index (χ0v) is 9.20. The van der Waals surface area contributed by atoms with Crippen LogP contribution in [-0.2, 0) is 18.9 Å². The average molecular weight is 232 g/mol. The molecule has 4 aliphatic heterocycles. The predicted octanol–water partition coefficient (Wildman–Crippen LogP) is -0.812. The van der Waals surface area contributed by atoms with E-state index in [0.29, 0.717) is 0 Å². The van der Waals surface area contributed by atoms with Gasteiger partial charge in [0.05, 0.1) is 18.6 Å². The Hall–Kier alpha value is -0.240. The average Bonchev–Trinajstić information content (AvgIpc) is 2.49. The Balaban J connectivity index is 1.75. The molecule has 6 nitrogen and oxygen atoms in total. The molecule has 0 amide bonds. The SMILES string of the molecule is CC1(C)OC2C3OC(O[C@@H]2O1)[C@@H]3C(O)CO. The summed E-state index contributed by atoms with van der Waals surface area (Å²) in [6.07, 6.45) is -2.34. The third-order valence-electron chi connectivity index (χ3n) is 3.30. The standard InChI is InChI=1S/C10H16O6/c1-10(2)15-7-6-5(4(12)3-11)8(13-6)14-9(7)16-10/h4-9,11-12H,3H2,1-2H3/t4?,5-,6?,7?,8?,9-/m1/s1. The summed E-state index contributed by atoms with van der Waals surface area (Å²) in [5.41, 5.74) is 0. The van der Waals surface area contributed by atoms with Gasteiger partial charge in [0.1, 0.15) is 12.2 Å². The first-order valence-corrected chi connectivity index (χ1v) is 5.47. The maximum Gasteiger partial charge on any atom is 0.192 e. The molecule has 4 fully saturated rings. The van der Waals surface area contributed by atoms with Crippen LogP contribution in [0.25, 0.3) is 0 Å². The van der Waals surface area contributed by atoms with E-state index < -0.39 is 24.5 Å². The third kappa shape index (κ3) is 1.42. The number of ether oxygens (including phenoxy) is 4. The van der Waals surface area contributed by atoms with Gasteiger partial charge in [-0.05, 0) is 13.8 Å². The first kappa shape index (κ1) is 10.9. The minimum Gasteiger partial charge on any atom is -0.394 e. The fourth-order valence-corrected chi connectivity index (χ4v) is 2.56. The molecule has 6 atom stereocenters. The highest BCUT2D eigenvalue weighted by atomic mass is 16.9. The monoisotopic (exact) mass is 232 g/mol. The van der Waals surface area contributed by atoms with Crippen molar-refractivity contribution in [3.8, 4) is 0 Å². The summed E-state index contributed by atoms with van der Waals surface area (Å²) in [5.74, 6) is -0.922. The van der Waals surface area contributed by atoms with Gasteiger partial charge in [-0.3, -0.25) is 0 Å². The summed E-state index contributed by atoms with van der Waals surface area (Å²) >= 11 is 0. The molecule has 4 saturated heterocycles. The van der Waals surface area contributed by atoms with Gasteiger partial charge < -0.3 is 29.2 Å². The van der Waals surface area contributed by atoms with Crippen molar-refractivity contribution in [2.24, 2.45) is 5.92 Å². The van der Waals surface area contributed by atoms with Crippen molar-refractivity contribution in [1.82, 2.24) is 0 Å². The summed E-state index contributed by atoms with van der Waals surface area (Å²) < 4.78 is 22.1. The number of aliphatic hydroxyl groups excluding tert-OH is 2. The van der Waals surface area contributed by atoms with Gasteiger partial charge in [0.2, 0.25) is 0 Å². The normalized spacial score (nSPS) is 50.6. The third-order valence-corrected chi connectivity index (χ3v) is 3.30. The zero-order valence-electron chi connectivity index (χ0n) is 9.20. The Morgan fingerprint density at radius 1 is 1.12 bits per heavy atom. The van der Waals surface area contributed by atoms with Gasteiger partial charge in [-0.2, -0.15) is 0 Å². The smallest absolute Gasteiger partial charge is 0.192 e. The van der Waals surface area contributed by atoms with E-state index in [0.717, 1.165) is 0 Å². The molecular weight excluding hydrogens is 216 g/mol. The molecule has 4 aliphatic rings. The molecule has 4 heterocycles. The molecule has 0 radical (unpaired) electrons. The Morgan fingerprint density at radius 3 is 2.56 bits per heavy atom. The fourth-order valence-electron chi connectivity index (χ4n) is 2.56. The zero-order chi connectivity index (χ0) is 11.5. The summed E-state index contributed by atoms with van der Waals surface area (Å²) in [6.45, 7) is 3.32. The van der Waals surface area contributed by atoms with Gasteiger partial charge >= 0.3 is 0 Å². The van der Waals surface area contributed by atoms with Crippen LogP contribution >= 0.6 is 0 Å². The number of aliphatic hydroxyl groups is 2. The number of hydrogen-bond acceptors (Lipinski definition) is 6. The molecule has 0 spiro atoms.